The molecule has 0 aromatic rings. The lowest BCUT2D eigenvalue weighted by atomic mass is 10.0. The van der Waals surface area contributed by atoms with Crippen LogP contribution in [0.25, 0.3) is 0 Å². The summed E-state index contributed by atoms with van der Waals surface area (Å²) in [7, 11) is 0. The number of rotatable bonds is 82. The van der Waals surface area contributed by atoms with Crippen LogP contribution in [-0.2, 0) is 47.7 Å². The van der Waals surface area contributed by atoms with Gasteiger partial charge < -0.3 is 39.4 Å². The van der Waals surface area contributed by atoms with E-state index in [9.17, 15) is 28.8 Å². The maximum Gasteiger partial charge on any atom is 0.306 e. The molecule has 596 valence electrons. The highest BCUT2D eigenvalue weighted by atomic mass is 16.6. The number of ether oxygens (including phenoxy) is 4. The third kappa shape index (κ3) is 73.4. The van der Waals surface area contributed by atoms with Crippen LogP contribution in [0, 0.1) is 0 Å². The largest absolute Gasteiger partial charge is 0.466 e. The first-order valence-corrected chi connectivity index (χ1v) is 44.2. The summed E-state index contributed by atoms with van der Waals surface area (Å²) in [6, 6.07) is 0. The van der Waals surface area contributed by atoms with Crippen molar-refractivity contribution in [3.05, 3.63) is 0 Å². The minimum absolute atomic E-state index is 0.0360. The third-order valence-electron chi connectivity index (χ3n) is 20.4. The smallest absolute Gasteiger partial charge is 0.306 e. The highest BCUT2D eigenvalue weighted by Gasteiger charge is 2.18. The topological polar surface area (TPSA) is 170 Å². The number of carbonyl (C=O) groups is 6. The van der Waals surface area contributed by atoms with Crippen molar-refractivity contribution in [2.45, 2.75) is 458 Å². The van der Waals surface area contributed by atoms with Crippen molar-refractivity contribution in [1.82, 2.24) is 20.4 Å². The normalized spacial score (nSPS) is 12.1. The summed E-state index contributed by atoms with van der Waals surface area (Å²) in [5.41, 5.74) is 0. The lowest BCUT2D eigenvalue weighted by Gasteiger charge is -2.23. The van der Waals surface area contributed by atoms with Crippen LogP contribution in [0.4, 0.5) is 0 Å². The SMILES string of the molecule is CCCCCCCCCCCOC(=O)CCCCCN(CCCCCCCC(=O)OC(CCCCCC)CCCCCCCC)CCNC(=O)CC(=O)NCCN(CCCCCCCC(=O)OC(CCCCCC)CCCCCCCC)CCCCCC(=O)OCCCCCCCCCCC. The fraction of sp³-hybridized carbons (Fsp3) is 0.931. The van der Waals surface area contributed by atoms with Crippen LogP contribution in [0.15, 0.2) is 0 Å². The monoisotopic (exact) mass is 1430 g/mol. The van der Waals surface area contributed by atoms with Crippen molar-refractivity contribution in [3.8, 4) is 0 Å². The summed E-state index contributed by atoms with van der Waals surface area (Å²) in [6.45, 7) is 20.3. The molecule has 0 aliphatic rings. The van der Waals surface area contributed by atoms with Crippen LogP contribution in [0.3, 0.4) is 0 Å². The second kappa shape index (κ2) is 79.3. The van der Waals surface area contributed by atoms with E-state index < -0.39 is 0 Å². The summed E-state index contributed by atoms with van der Waals surface area (Å²) in [5, 5.41) is 6.07. The van der Waals surface area contributed by atoms with Gasteiger partial charge in [-0.15, -0.1) is 0 Å². The molecule has 2 amide bonds. The molecule has 0 spiro atoms. The van der Waals surface area contributed by atoms with E-state index in [2.05, 4.69) is 62.0 Å². The van der Waals surface area contributed by atoms with E-state index in [0.717, 1.165) is 206 Å². The standard InChI is InChI=1S/C87H168N4O10/c1-7-13-19-25-29-31-33-43-59-77-98-84(94)65-53-45-57-73-90(71-55-41-35-39-51-67-86(96)100-80(61-47-23-17-11-5)63-49-37-27-21-15-9-3)75-69-88-82(92)79-83(93)89-70-76-91(74-58-46-54-66-85(95)99-78-60-44-34-32-30-26-20-14-8-2)72-56-42-36-40-52-68-87(97)101-81(62-48-24-18-12-6)64-50-38-28-22-16-10-4/h80-81H,7-79H2,1-6H3,(H,88,92)(H,89,93). The zero-order chi connectivity index (χ0) is 73.6. The van der Waals surface area contributed by atoms with Gasteiger partial charge in [0, 0.05) is 51.9 Å². The maximum absolute atomic E-state index is 13.2. The Morgan fingerprint density at radius 2 is 0.465 bits per heavy atom. The van der Waals surface area contributed by atoms with E-state index in [1.165, 1.54) is 193 Å². The number of hydrogen-bond acceptors (Lipinski definition) is 12. The molecule has 0 saturated heterocycles. The molecule has 2 unspecified atom stereocenters. The molecule has 101 heavy (non-hydrogen) atoms. The number of carbonyl (C=O) groups excluding carboxylic acids is 6. The first-order chi connectivity index (χ1) is 49.5. The van der Waals surface area contributed by atoms with E-state index >= 15 is 0 Å². The molecular weight excluding hydrogens is 1260 g/mol. The van der Waals surface area contributed by atoms with Crippen molar-refractivity contribution in [2.24, 2.45) is 0 Å². The molecule has 0 bridgehead atoms. The Hall–Kier alpha value is -3.26. The second-order valence-corrected chi connectivity index (χ2v) is 30.3. The average molecular weight is 1430 g/mol. The van der Waals surface area contributed by atoms with Crippen molar-refractivity contribution in [3.63, 3.8) is 0 Å². The predicted molar refractivity (Wildman–Crippen MR) is 425 cm³/mol. The maximum atomic E-state index is 13.2. The number of unbranched alkanes of at least 4 members (excludes halogenated alkanes) is 44. The van der Waals surface area contributed by atoms with E-state index in [0.29, 0.717) is 65.1 Å². The van der Waals surface area contributed by atoms with Crippen LogP contribution in [0.1, 0.15) is 446 Å². The molecule has 2 atom stereocenters. The Balaban J connectivity index is 5.36. The quantitative estimate of drug-likeness (QED) is 0.0256. The molecule has 0 saturated carbocycles. The van der Waals surface area contributed by atoms with Gasteiger partial charge >= 0.3 is 23.9 Å². The van der Waals surface area contributed by atoms with E-state index in [4.69, 9.17) is 18.9 Å². The summed E-state index contributed by atoms with van der Waals surface area (Å²) in [5.74, 6) is -0.823. The molecule has 0 radical (unpaired) electrons. The average Bonchev–Trinajstić information content (AvgIpc) is 2.05. The third-order valence-corrected chi connectivity index (χ3v) is 20.4. The Morgan fingerprint density at radius 1 is 0.248 bits per heavy atom. The number of nitrogens with one attached hydrogen (secondary N) is 2. The summed E-state index contributed by atoms with van der Waals surface area (Å²) in [6.07, 6.45) is 67.8. The van der Waals surface area contributed by atoms with Crippen molar-refractivity contribution in [2.75, 3.05) is 65.6 Å². The molecule has 0 fully saturated rings. The van der Waals surface area contributed by atoms with Crippen LogP contribution in [-0.4, -0.2) is 123 Å². The Kier molecular flexibility index (Phi) is 76.7. The minimum atomic E-state index is -0.278. The molecule has 0 aliphatic carbocycles. The molecule has 0 aromatic heterocycles. The molecule has 0 aliphatic heterocycles. The molecule has 2 N–H and O–H groups in total. The van der Waals surface area contributed by atoms with Gasteiger partial charge in [0.05, 0.1) is 13.2 Å². The first kappa shape index (κ1) is 97.7. The van der Waals surface area contributed by atoms with Crippen molar-refractivity contribution >= 4 is 35.7 Å². The Morgan fingerprint density at radius 3 is 0.752 bits per heavy atom. The van der Waals surface area contributed by atoms with Gasteiger partial charge in [0.1, 0.15) is 18.6 Å². The van der Waals surface area contributed by atoms with Gasteiger partial charge in [-0.25, -0.2) is 0 Å². The van der Waals surface area contributed by atoms with E-state index in [1.54, 1.807) is 0 Å². The minimum Gasteiger partial charge on any atom is -0.466 e. The predicted octanol–water partition coefficient (Wildman–Crippen LogP) is 23.4. The molecule has 0 rings (SSSR count). The van der Waals surface area contributed by atoms with Crippen molar-refractivity contribution in [1.29, 1.82) is 0 Å². The van der Waals surface area contributed by atoms with Crippen LogP contribution in [0.2, 0.25) is 0 Å². The second-order valence-electron chi connectivity index (χ2n) is 30.3. The zero-order valence-corrected chi connectivity index (χ0v) is 67.8. The van der Waals surface area contributed by atoms with Gasteiger partial charge in [-0.1, -0.05) is 298 Å². The van der Waals surface area contributed by atoms with Gasteiger partial charge in [0.2, 0.25) is 11.8 Å². The van der Waals surface area contributed by atoms with Crippen LogP contribution >= 0.6 is 0 Å². The molecule has 14 heteroatoms. The molecule has 0 heterocycles. The van der Waals surface area contributed by atoms with Gasteiger partial charge in [-0.3, -0.25) is 28.8 Å². The van der Waals surface area contributed by atoms with Crippen LogP contribution < -0.4 is 10.6 Å². The highest BCUT2D eigenvalue weighted by molar-refractivity contribution is 5.96. The van der Waals surface area contributed by atoms with E-state index in [1.807, 2.05) is 0 Å². The first-order valence-electron chi connectivity index (χ1n) is 44.2. The van der Waals surface area contributed by atoms with Gasteiger partial charge in [0.25, 0.3) is 0 Å². The molecule has 14 nitrogen and oxygen atoms in total. The lowest BCUT2D eigenvalue weighted by molar-refractivity contribution is -0.151. The highest BCUT2D eigenvalue weighted by Crippen LogP contribution is 2.21. The lowest BCUT2D eigenvalue weighted by Crippen LogP contribution is -2.40. The summed E-state index contributed by atoms with van der Waals surface area (Å²) < 4.78 is 23.3. The van der Waals surface area contributed by atoms with Gasteiger partial charge in [-0.05, 0) is 142 Å². The van der Waals surface area contributed by atoms with E-state index in [-0.39, 0.29) is 54.3 Å². The summed E-state index contributed by atoms with van der Waals surface area (Å²) in [4.78, 5) is 82.5. The molecular formula is C87H168N4O10. The fourth-order valence-corrected chi connectivity index (χ4v) is 13.7. The van der Waals surface area contributed by atoms with Gasteiger partial charge in [-0.2, -0.15) is 0 Å². The number of amides is 2. The fourth-order valence-electron chi connectivity index (χ4n) is 13.7. The Labute approximate surface area is 624 Å². The number of nitrogens with zero attached hydrogens (tertiary/aromatic N) is 2. The summed E-state index contributed by atoms with van der Waals surface area (Å²) >= 11 is 0. The zero-order valence-electron chi connectivity index (χ0n) is 67.8. The van der Waals surface area contributed by atoms with Crippen molar-refractivity contribution < 1.29 is 47.7 Å². The van der Waals surface area contributed by atoms with Crippen LogP contribution in [0.5, 0.6) is 0 Å². The number of esters is 4. The van der Waals surface area contributed by atoms with Gasteiger partial charge in [0.15, 0.2) is 0 Å². The Bertz CT molecular complexity index is 1700. The molecule has 0 aromatic carbocycles. The number of hydrogen-bond donors (Lipinski definition) is 2.